The predicted molar refractivity (Wildman–Crippen MR) is 112 cm³/mol. The highest BCUT2D eigenvalue weighted by Crippen LogP contribution is 2.23. The fourth-order valence-electron chi connectivity index (χ4n) is 3.06. The third kappa shape index (κ3) is 4.01. The Balaban J connectivity index is 1.52. The van der Waals surface area contributed by atoms with Crippen LogP contribution in [-0.2, 0) is 10.0 Å². The lowest BCUT2D eigenvalue weighted by Gasteiger charge is -2.11. The molecule has 0 spiro atoms. The van der Waals surface area contributed by atoms with Crippen molar-refractivity contribution >= 4 is 27.2 Å². The molecule has 154 valence electrons. The van der Waals surface area contributed by atoms with Gasteiger partial charge in [0, 0.05) is 29.8 Å². The van der Waals surface area contributed by atoms with Crippen LogP contribution in [0.25, 0.3) is 5.82 Å². The van der Waals surface area contributed by atoms with Gasteiger partial charge in [-0.3, -0.25) is 14.4 Å². The van der Waals surface area contributed by atoms with Crippen LogP contribution >= 0.6 is 0 Å². The van der Waals surface area contributed by atoms with E-state index in [1.165, 1.54) is 0 Å². The van der Waals surface area contributed by atoms with Crippen molar-refractivity contribution in [3.05, 3.63) is 66.3 Å². The molecule has 4 rings (SSSR count). The normalized spacial score (nSPS) is 11.4. The molecule has 3 N–H and O–H groups in total. The maximum atomic E-state index is 12.7. The summed E-state index contributed by atoms with van der Waals surface area (Å²) in [5.41, 5.74) is 2.11. The van der Waals surface area contributed by atoms with Gasteiger partial charge in [-0.1, -0.05) is 0 Å². The van der Waals surface area contributed by atoms with Crippen molar-refractivity contribution < 1.29 is 8.42 Å². The molecule has 0 fully saturated rings. The van der Waals surface area contributed by atoms with E-state index in [9.17, 15) is 8.42 Å². The number of benzene rings is 1. The number of hydrogen-bond donors (Lipinski definition) is 3. The van der Waals surface area contributed by atoms with Crippen molar-refractivity contribution in [1.29, 1.82) is 0 Å². The predicted octanol–water partition coefficient (Wildman–Crippen LogP) is 2.86. The average molecular weight is 424 g/mol. The molecule has 1 aromatic carbocycles. The fraction of sp³-hybridized carbons (Fsp3) is 0.158. The molecular weight excluding hydrogens is 404 g/mol. The molecule has 0 aliphatic carbocycles. The summed E-state index contributed by atoms with van der Waals surface area (Å²) in [4.78, 5) is 13.0. The van der Waals surface area contributed by atoms with Crippen LogP contribution in [0.1, 0.15) is 17.2 Å². The maximum absolute atomic E-state index is 12.7. The summed E-state index contributed by atoms with van der Waals surface area (Å²) in [6.45, 7) is 5.12. The number of aromatic nitrogens is 6. The highest BCUT2D eigenvalue weighted by Gasteiger charge is 2.22. The molecule has 30 heavy (non-hydrogen) atoms. The van der Waals surface area contributed by atoms with Crippen LogP contribution in [-0.4, -0.2) is 38.1 Å². The lowest BCUT2D eigenvalue weighted by atomic mass is 10.3. The van der Waals surface area contributed by atoms with Gasteiger partial charge < -0.3 is 5.32 Å². The van der Waals surface area contributed by atoms with Gasteiger partial charge >= 0.3 is 0 Å². The minimum atomic E-state index is -3.73. The van der Waals surface area contributed by atoms with Crippen LogP contribution in [0.2, 0.25) is 0 Å². The van der Waals surface area contributed by atoms with Gasteiger partial charge in [0.15, 0.2) is 0 Å². The second-order valence-corrected chi connectivity index (χ2v) is 8.32. The molecule has 0 saturated heterocycles. The second kappa shape index (κ2) is 7.59. The Morgan fingerprint density at radius 3 is 2.40 bits per heavy atom. The molecule has 0 saturated carbocycles. The van der Waals surface area contributed by atoms with E-state index in [2.05, 4.69) is 35.2 Å². The molecule has 0 unspecified atom stereocenters. The molecule has 0 bridgehead atoms. The monoisotopic (exact) mass is 424 g/mol. The van der Waals surface area contributed by atoms with E-state index in [1.54, 1.807) is 67.5 Å². The van der Waals surface area contributed by atoms with Gasteiger partial charge in [0.25, 0.3) is 10.0 Å². The van der Waals surface area contributed by atoms with E-state index >= 15 is 0 Å². The third-order valence-electron chi connectivity index (χ3n) is 4.33. The Kier molecular flexibility index (Phi) is 4.96. The third-order valence-corrected chi connectivity index (χ3v) is 5.98. The largest absolute Gasteiger partial charge is 0.340 e. The number of nitrogens with one attached hydrogen (secondary N) is 3. The van der Waals surface area contributed by atoms with Crippen LogP contribution in [0.3, 0.4) is 0 Å². The first-order valence-corrected chi connectivity index (χ1v) is 10.6. The minimum absolute atomic E-state index is 0.160. The first-order chi connectivity index (χ1) is 14.3. The zero-order chi connectivity index (χ0) is 21.3. The summed E-state index contributed by atoms with van der Waals surface area (Å²) < 4.78 is 29.7. The molecule has 10 nitrogen and oxygen atoms in total. The van der Waals surface area contributed by atoms with Crippen molar-refractivity contribution in [2.45, 2.75) is 25.7 Å². The molecule has 0 aliphatic rings. The number of sulfonamides is 1. The first-order valence-electron chi connectivity index (χ1n) is 9.07. The van der Waals surface area contributed by atoms with Gasteiger partial charge in [0.2, 0.25) is 0 Å². The molecule has 4 aromatic rings. The Hall–Kier alpha value is -3.73. The number of imidazole rings is 1. The standard InChI is InChI=1S/C19H20N8O2S/c1-12-19(13(2)25-24-12)30(28,29)26-16-6-4-15(5-7-16)23-17-10-18(22-14(3)21-17)27-9-8-20-11-27/h4-11,26H,1-3H3,(H,24,25)(H,21,22,23). The fourth-order valence-corrected chi connectivity index (χ4v) is 4.49. The summed E-state index contributed by atoms with van der Waals surface area (Å²) in [5, 5.41) is 9.84. The van der Waals surface area contributed by atoms with Gasteiger partial charge in [-0.25, -0.2) is 23.4 Å². The number of nitrogens with zero attached hydrogens (tertiary/aromatic N) is 5. The summed E-state index contributed by atoms with van der Waals surface area (Å²) in [6, 6.07) is 8.68. The van der Waals surface area contributed by atoms with Gasteiger partial charge in [0.1, 0.15) is 28.7 Å². The number of aryl methyl sites for hydroxylation is 3. The Bertz CT molecular complexity index is 1260. The van der Waals surface area contributed by atoms with Crippen LogP contribution in [0, 0.1) is 20.8 Å². The molecule has 0 aliphatic heterocycles. The van der Waals surface area contributed by atoms with Crippen LogP contribution < -0.4 is 10.0 Å². The molecule has 3 aromatic heterocycles. The number of rotatable bonds is 6. The lowest BCUT2D eigenvalue weighted by molar-refractivity contribution is 0.600. The van der Waals surface area contributed by atoms with Gasteiger partial charge in [-0.05, 0) is 45.0 Å². The zero-order valence-corrected chi connectivity index (χ0v) is 17.4. The highest BCUT2D eigenvalue weighted by atomic mass is 32.2. The molecule has 3 heterocycles. The van der Waals surface area contributed by atoms with Gasteiger partial charge in [-0.15, -0.1) is 0 Å². The summed E-state index contributed by atoms with van der Waals surface area (Å²) in [6.07, 6.45) is 5.14. The summed E-state index contributed by atoms with van der Waals surface area (Å²) in [5.74, 6) is 1.92. The van der Waals surface area contributed by atoms with Crippen molar-refractivity contribution in [1.82, 2.24) is 29.7 Å². The van der Waals surface area contributed by atoms with Crippen molar-refractivity contribution in [3.8, 4) is 5.82 Å². The SMILES string of the molecule is Cc1nc(Nc2ccc(NS(=O)(=O)c3c(C)n[nH]c3C)cc2)cc(-n2ccnc2)n1. The number of aromatic amines is 1. The van der Waals surface area contributed by atoms with E-state index in [0.29, 0.717) is 34.5 Å². The van der Waals surface area contributed by atoms with Crippen LogP contribution in [0.5, 0.6) is 0 Å². The van der Waals surface area contributed by atoms with Crippen molar-refractivity contribution in [3.63, 3.8) is 0 Å². The number of H-pyrrole nitrogens is 1. The van der Waals surface area contributed by atoms with E-state index in [1.807, 2.05) is 6.92 Å². The smallest absolute Gasteiger partial charge is 0.265 e. The van der Waals surface area contributed by atoms with E-state index < -0.39 is 10.0 Å². The first kappa shape index (κ1) is 19.6. The zero-order valence-electron chi connectivity index (χ0n) is 16.6. The van der Waals surface area contributed by atoms with Crippen molar-refractivity contribution in [2.75, 3.05) is 10.0 Å². The topological polar surface area (TPSA) is 130 Å². The Labute approximate surface area is 173 Å². The van der Waals surface area contributed by atoms with E-state index in [0.717, 1.165) is 5.69 Å². The molecule has 0 radical (unpaired) electrons. The van der Waals surface area contributed by atoms with Crippen molar-refractivity contribution in [2.24, 2.45) is 0 Å². The summed E-state index contributed by atoms with van der Waals surface area (Å²) in [7, 11) is -3.73. The lowest BCUT2D eigenvalue weighted by Crippen LogP contribution is -2.14. The number of anilines is 3. The average Bonchev–Trinajstić information content (AvgIpc) is 3.33. The molecule has 11 heteroatoms. The maximum Gasteiger partial charge on any atom is 0.265 e. The molecular formula is C19H20N8O2S. The highest BCUT2D eigenvalue weighted by molar-refractivity contribution is 7.92. The van der Waals surface area contributed by atoms with E-state index in [4.69, 9.17) is 0 Å². The van der Waals surface area contributed by atoms with Gasteiger partial charge in [0.05, 0.1) is 11.4 Å². The minimum Gasteiger partial charge on any atom is -0.340 e. The quantitative estimate of drug-likeness (QED) is 0.434. The Morgan fingerprint density at radius 2 is 1.77 bits per heavy atom. The van der Waals surface area contributed by atoms with E-state index in [-0.39, 0.29) is 4.90 Å². The van der Waals surface area contributed by atoms with Crippen LogP contribution in [0.4, 0.5) is 17.2 Å². The molecule has 0 atom stereocenters. The number of hydrogen-bond acceptors (Lipinski definition) is 7. The summed E-state index contributed by atoms with van der Waals surface area (Å²) >= 11 is 0. The van der Waals surface area contributed by atoms with Gasteiger partial charge in [-0.2, -0.15) is 5.10 Å². The molecule has 0 amide bonds. The second-order valence-electron chi connectivity index (χ2n) is 6.70. The Morgan fingerprint density at radius 1 is 1.03 bits per heavy atom. The van der Waals surface area contributed by atoms with Crippen LogP contribution in [0.15, 0.2) is 53.9 Å².